The summed E-state index contributed by atoms with van der Waals surface area (Å²) in [7, 11) is 1.74. The van der Waals surface area contributed by atoms with Crippen LogP contribution in [0, 0.1) is 5.82 Å². The van der Waals surface area contributed by atoms with Crippen molar-refractivity contribution < 1.29 is 28.1 Å². The minimum Gasteiger partial charge on any atom is -0.493 e. The SMILES string of the molecule is COCCCN1CCOc2ccc(COC3CNCCC3c3ccc(OCCCOc4cccc(F)c4)cc3)cc21. The smallest absolute Gasteiger partial charge is 0.142 e. The number of methoxy groups -OCH3 is 1. The van der Waals surface area contributed by atoms with Gasteiger partial charge >= 0.3 is 0 Å². The summed E-state index contributed by atoms with van der Waals surface area (Å²) in [4.78, 5) is 2.38. The van der Waals surface area contributed by atoms with Gasteiger partial charge in [-0.2, -0.15) is 0 Å². The topological polar surface area (TPSA) is 61.4 Å². The van der Waals surface area contributed by atoms with Crippen LogP contribution in [0.15, 0.2) is 66.7 Å². The van der Waals surface area contributed by atoms with E-state index in [0.29, 0.717) is 44.5 Å². The molecule has 2 heterocycles. The number of fused-ring (bicyclic) bond motifs is 1. The lowest BCUT2D eigenvalue weighted by Gasteiger charge is -2.33. The second-order valence-corrected chi connectivity index (χ2v) is 10.5. The molecule has 2 aliphatic heterocycles. The number of hydrogen-bond acceptors (Lipinski definition) is 7. The number of nitrogens with one attached hydrogen (secondary N) is 1. The lowest BCUT2D eigenvalue weighted by atomic mass is 9.87. The summed E-state index contributed by atoms with van der Waals surface area (Å²) in [6.45, 7) is 6.66. The van der Waals surface area contributed by atoms with E-state index < -0.39 is 0 Å². The van der Waals surface area contributed by atoms with E-state index in [-0.39, 0.29) is 11.9 Å². The van der Waals surface area contributed by atoms with Crippen molar-refractivity contribution in [2.24, 2.45) is 0 Å². The molecule has 1 fully saturated rings. The molecule has 0 amide bonds. The number of piperidine rings is 1. The van der Waals surface area contributed by atoms with Crippen molar-refractivity contribution in [3.05, 3.63) is 83.7 Å². The Bertz CT molecular complexity index is 1220. The number of halogens is 1. The molecule has 2 atom stereocenters. The molecule has 41 heavy (non-hydrogen) atoms. The third kappa shape index (κ3) is 8.35. The van der Waals surface area contributed by atoms with Gasteiger partial charge in [-0.1, -0.05) is 24.3 Å². The van der Waals surface area contributed by atoms with Crippen molar-refractivity contribution in [3.8, 4) is 17.2 Å². The van der Waals surface area contributed by atoms with Crippen LogP contribution in [0.4, 0.5) is 10.1 Å². The summed E-state index contributed by atoms with van der Waals surface area (Å²) in [5.74, 6) is 2.33. The summed E-state index contributed by atoms with van der Waals surface area (Å²) in [6.07, 6.45) is 2.80. The van der Waals surface area contributed by atoms with Gasteiger partial charge in [0, 0.05) is 45.2 Å². The normalized spacial score (nSPS) is 18.4. The Kier molecular flexibility index (Phi) is 10.7. The molecule has 3 aromatic rings. The van der Waals surface area contributed by atoms with Crippen LogP contribution in [-0.2, 0) is 16.1 Å². The molecule has 0 saturated carbocycles. The van der Waals surface area contributed by atoms with E-state index in [2.05, 4.69) is 40.5 Å². The first-order valence-corrected chi connectivity index (χ1v) is 14.6. The van der Waals surface area contributed by atoms with E-state index >= 15 is 0 Å². The highest BCUT2D eigenvalue weighted by Gasteiger charge is 2.27. The molecule has 2 unspecified atom stereocenters. The van der Waals surface area contributed by atoms with Crippen molar-refractivity contribution in [1.29, 1.82) is 0 Å². The number of rotatable bonds is 14. The summed E-state index contributed by atoms with van der Waals surface area (Å²) < 4.78 is 42.4. The van der Waals surface area contributed by atoms with Crippen LogP contribution in [-0.4, -0.2) is 65.8 Å². The summed E-state index contributed by atoms with van der Waals surface area (Å²) >= 11 is 0. The van der Waals surface area contributed by atoms with Crippen molar-refractivity contribution in [2.45, 2.75) is 37.9 Å². The number of benzene rings is 3. The predicted molar refractivity (Wildman–Crippen MR) is 158 cm³/mol. The van der Waals surface area contributed by atoms with Gasteiger partial charge < -0.3 is 33.9 Å². The molecule has 220 valence electrons. The average Bonchev–Trinajstić information content (AvgIpc) is 3.01. The molecule has 7 nitrogen and oxygen atoms in total. The Morgan fingerprint density at radius 3 is 2.63 bits per heavy atom. The first-order chi connectivity index (χ1) is 20.2. The van der Waals surface area contributed by atoms with Crippen LogP contribution in [0.1, 0.15) is 36.3 Å². The van der Waals surface area contributed by atoms with Crippen LogP contribution in [0.5, 0.6) is 17.2 Å². The Balaban J connectivity index is 1.11. The monoisotopic (exact) mass is 564 g/mol. The van der Waals surface area contributed by atoms with E-state index in [1.807, 2.05) is 12.1 Å². The zero-order chi connectivity index (χ0) is 28.3. The van der Waals surface area contributed by atoms with Gasteiger partial charge in [0.05, 0.1) is 38.2 Å². The highest BCUT2D eigenvalue weighted by Crippen LogP contribution is 2.34. The molecule has 0 aliphatic carbocycles. The molecule has 0 radical (unpaired) electrons. The number of anilines is 1. The number of nitrogens with zero attached hydrogens (tertiary/aromatic N) is 1. The second-order valence-electron chi connectivity index (χ2n) is 10.5. The average molecular weight is 565 g/mol. The standard InChI is InChI=1S/C33H41FN2O5/c1-37-17-3-15-36-16-20-40-32-12-7-25(21-31(32)36)24-41-33-23-35-14-13-30(33)26-8-10-28(11-9-26)38-18-4-19-39-29-6-2-5-27(34)22-29/h2,5-12,21-22,30,33,35H,3-4,13-20,23-24H2,1H3. The fourth-order valence-electron chi connectivity index (χ4n) is 5.44. The Morgan fingerprint density at radius 1 is 0.951 bits per heavy atom. The first kappa shape index (κ1) is 29.2. The van der Waals surface area contributed by atoms with Crippen LogP contribution in [0.2, 0.25) is 0 Å². The van der Waals surface area contributed by atoms with Gasteiger partial charge in [-0.05, 0) is 66.9 Å². The van der Waals surface area contributed by atoms with Gasteiger partial charge in [-0.15, -0.1) is 0 Å². The summed E-state index contributed by atoms with van der Waals surface area (Å²) in [5, 5.41) is 3.50. The minimum absolute atomic E-state index is 0.0839. The fraction of sp³-hybridized carbons (Fsp3) is 0.455. The lowest BCUT2D eigenvalue weighted by molar-refractivity contribution is 0.0106. The molecule has 5 rings (SSSR count). The summed E-state index contributed by atoms with van der Waals surface area (Å²) in [6, 6.07) is 20.9. The molecule has 1 N–H and O–H groups in total. The molecule has 8 heteroatoms. The molecule has 2 aliphatic rings. The highest BCUT2D eigenvalue weighted by molar-refractivity contribution is 5.61. The van der Waals surface area contributed by atoms with E-state index in [1.165, 1.54) is 17.7 Å². The molecule has 0 bridgehead atoms. The van der Waals surface area contributed by atoms with Crippen LogP contribution < -0.4 is 24.4 Å². The molecule has 0 spiro atoms. The maximum absolute atomic E-state index is 13.3. The first-order valence-electron chi connectivity index (χ1n) is 14.6. The fourth-order valence-corrected chi connectivity index (χ4v) is 5.44. The van der Waals surface area contributed by atoms with E-state index in [9.17, 15) is 4.39 Å². The molecule has 1 saturated heterocycles. The van der Waals surface area contributed by atoms with Crippen LogP contribution in [0.3, 0.4) is 0 Å². The predicted octanol–water partition coefficient (Wildman–Crippen LogP) is 5.57. The molecular weight excluding hydrogens is 523 g/mol. The van der Waals surface area contributed by atoms with Gasteiger partial charge in [-0.25, -0.2) is 4.39 Å². The van der Waals surface area contributed by atoms with Crippen molar-refractivity contribution >= 4 is 5.69 Å². The van der Waals surface area contributed by atoms with Gasteiger partial charge in [-0.3, -0.25) is 0 Å². The van der Waals surface area contributed by atoms with E-state index in [1.54, 1.807) is 19.2 Å². The number of hydrogen-bond donors (Lipinski definition) is 1. The Labute approximate surface area is 242 Å². The quantitative estimate of drug-likeness (QED) is 0.257. The maximum Gasteiger partial charge on any atom is 0.142 e. The van der Waals surface area contributed by atoms with Crippen LogP contribution in [0.25, 0.3) is 0 Å². The largest absolute Gasteiger partial charge is 0.493 e. The van der Waals surface area contributed by atoms with Crippen molar-refractivity contribution in [1.82, 2.24) is 5.32 Å². The van der Waals surface area contributed by atoms with E-state index in [0.717, 1.165) is 68.4 Å². The van der Waals surface area contributed by atoms with Gasteiger partial charge in [0.25, 0.3) is 0 Å². The maximum atomic E-state index is 13.3. The van der Waals surface area contributed by atoms with Gasteiger partial charge in [0.15, 0.2) is 0 Å². The van der Waals surface area contributed by atoms with Gasteiger partial charge in [0.1, 0.15) is 29.7 Å². The minimum atomic E-state index is -0.297. The highest BCUT2D eigenvalue weighted by atomic mass is 19.1. The molecular formula is C33H41FN2O5. The Hall–Kier alpha value is -3.33. The lowest BCUT2D eigenvalue weighted by Crippen LogP contribution is -2.41. The van der Waals surface area contributed by atoms with Gasteiger partial charge in [0.2, 0.25) is 0 Å². The zero-order valence-corrected chi connectivity index (χ0v) is 23.9. The van der Waals surface area contributed by atoms with Crippen molar-refractivity contribution in [2.75, 3.05) is 64.6 Å². The van der Waals surface area contributed by atoms with Crippen molar-refractivity contribution in [3.63, 3.8) is 0 Å². The van der Waals surface area contributed by atoms with Crippen LogP contribution >= 0.6 is 0 Å². The molecule has 0 aromatic heterocycles. The summed E-state index contributed by atoms with van der Waals surface area (Å²) in [5.41, 5.74) is 3.56. The number of ether oxygens (including phenoxy) is 5. The zero-order valence-electron chi connectivity index (χ0n) is 23.9. The second kappa shape index (κ2) is 15.1. The third-order valence-corrected chi connectivity index (χ3v) is 7.58. The Morgan fingerprint density at radius 2 is 1.80 bits per heavy atom. The molecule has 3 aromatic carbocycles. The van der Waals surface area contributed by atoms with E-state index in [4.69, 9.17) is 23.7 Å². The third-order valence-electron chi connectivity index (χ3n) is 7.58.